The number of aliphatic imine (C=N–C) groups is 1. The fraction of sp³-hybridized carbons (Fsp3) is 0.409. The van der Waals surface area contributed by atoms with Crippen molar-refractivity contribution in [2.24, 2.45) is 16.6 Å². The fourth-order valence-corrected chi connectivity index (χ4v) is 3.39. The van der Waals surface area contributed by atoms with Gasteiger partial charge >= 0.3 is 0 Å². The first-order chi connectivity index (χ1) is 13.1. The van der Waals surface area contributed by atoms with Gasteiger partial charge in [0, 0.05) is 18.3 Å². The normalized spacial score (nSPS) is 16.3. The number of methoxy groups -OCH3 is 1. The number of nitrogens with two attached hydrogens (primary N) is 1. The minimum absolute atomic E-state index is 0.407. The lowest BCUT2D eigenvalue weighted by atomic mass is 9.98. The van der Waals surface area contributed by atoms with Gasteiger partial charge in [-0.2, -0.15) is 0 Å². The van der Waals surface area contributed by atoms with Gasteiger partial charge in [-0.3, -0.25) is 4.90 Å². The van der Waals surface area contributed by atoms with Crippen molar-refractivity contribution in [3.05, 3.63) is 59.7 Å². The van der Waals surface area contributed by atoms with Crippen molar-refractivity contribution in [3.63, 3.8) is 0 Å². The SMILES string of the molecule is COc1cccc(NC(N)=NCc2ccccc2CN2CCC(C)CC2)c1. The molecular formula is C22H30N4O. The molecule has 5 nitrogen and oxygen atoms in total. The molecule has 144 valence electrons. The first-order valence-electron chi connectivity index (χ1n) is 9.64. The average molecular weight is 367 g/mol. The maximum atomic E-state index is 6.08. The van der Waals surface area contributed by atoms with E-state index in [1.807, 2.05) is 24.3 Å². The standard InChI is InChI=1S/C22H30N4O/c1-17-10-12-26(13-11-17)16-19-7-4-3-6-18(19)15-24-22(23)25-20-8-5-9-21(14-20)27-2/h3-9,14,17H,10-13,15-16H2,1-2H3,(H3,23,24,25). The van der Waals surface area contributed by atoms with Gasteiger partial charge in [0.25, 0.3) is 0 Å². The second kappa shape index (κ2) is 9.42. The molecule has 1 fully saturated rings. The van der Waals surface area contributed by atoms with Crippen LogP contribution in [0.25, 0.3) is 0 Å². The summed E-state index contributed by atoms with van der Waals surface area (Å²) in [7, 11) is 1.65. The summed E-state index contributed by atoms with van der Waals surface area (Å²) in [5, 5.41) is 3.13. The van der Waals surface area contributed by atoms with E-state index in [0.717, 1.165) is 23.9 Å². The highest BCUT2D eigenvalue weighted by Gasteiger charge is 2.16. The Morgan fingerprint density at radius 1 is 1.15 bits per heavy atom. The van der Waals surface area contributed by atoms with Crippen LogP contribution in [0.15, 0.2) is 53.5 Å². The number of nitrogens with zero attached hydrogens (tertiary/aromatic N) is 2. The van der Waals surface area contributed by atoms with Gasteiger partial charge < -0.3 is 15.8 Å². The molecular weight excluding hydrogens is 336 g/mol. The zero-order valence-corrected chi connectivity index (χ0v) is 16.3. The van der Waals surface area contributed by atoms with Gasteiger partial charge in [-0.15, -0.1) is 0 Å². The molecule has 0 atom stereocenters. The Morgan fingerprint density at radius 3 is 2.63 bits per heavy atom. The highest BCUT2D eigenvalue weighted by atomic mass is 16.5. The molecule has 0 unspecified atom stereocenters. The topological polar surface area (TPSA) is 62.9 Å². The van der Waals surface area contributed by atoms with Crippen molar-refractivity contribution < 1.29 is 4.74 Å². The molecule has 1 aliphatic rings. The molecule has 0 saturated carbocycles. The molecule has 0 amide bonds. The Morgan fingerprint density at radius 2 is 1.89 bits per heavy atom. The molecule has 0 aromatic heterocycles. The summed E-state index contributed by atoms with van der Waals surface area (Å²) < 4.78 is 5.23. The zero-order chi connectivity index (χ0) is 19.1. The van der Waals surface area contributed by atoms with Gasteiger partial charge in [0.05, 0.1) is 13.7 Å². The van der Waals surface area contributed by atoms with Crippen LogP contribution in [0.3, 0.4) is 0 Å². The Balaban J connectivity index is 1.62. The van der Waals surface area contributed by atoms with Crippen LogP contribution < -0.4 is 15.8 Å². The molecule has 2 aromatic rings. The van der Waals surface area contributed by atoms with Crippen molar-refractivity contribution in [2.75, 3.05) is 25.5 Å². The van der Waals surface area contributed by atoms with Crippen molar-refractivity contribution in [2.45, 2.75) is 32.9 Å². The van der Waals surface area contributed by atoms with Crippen molar-refractivity contribution >= 4 is 11.6 Å². The average Bonchev–Trinajstić information content (AvgIpc) is 2.69. The Bertz CT molecular complexity index is 766. The quantitative estimate of drug-likeness (QED) is 0.602. The summed E-state index contributed by atoms with van der Waals surface area (Å²) in [5.74, 6) is 2.04. The summed E-state index contributed by atoms with van der Waals surface area (Å²) in [5.41, 5.74) is 9.52. The van der Waals surface area contributed by atoms with Crippen molar-refractivity contribution in [1.29, 1.82) is 0 Å². The van der Waals surface area contributed by atoms with Gasteiger partial charge in [-0.05, 0) is 55.1 Å². The first-order valence-corrected chi connectivity index (χ1v) is 9.64. The zero-order valence-electron chi connectivity index (χ0n) is 16.3. The number of piperidine rings is 1. The predicted octanol–water partition coefficient (Wildman–Crippen LogP) is 3.85. The van der Waals surface area contributed by atoms with E-state index in [9.17, 15) is 0 Å². The number of ether oxygens (including phenoxy) is 1. The Hall–Kier alpha value is -2.53. The third kappa shape index (κ3) is 5.73. The van der Waals surface area contributed by atoms with E-state index in [-0.39, 0.29) is 0 Å². The van der Waals surface area contributed by atoms with E-state index >= 15 is 0 Å². The van der Waals surface area contributed by atoms with Crippen LogP contribution >= 0.6 is 0 Å². The molecule has 0 radical (unpaired) electrons. The smallest absolute Gasteiger partial charge is 0.193 e. The number of likely N-dealkylation sites (tertiary alicyclic amines) is 1. The number of rotatable bonds is 6. The number of anilines is 1. The van der Waals surface area contributed by atoms with Crippen LogP contribution in [0.4, 0.5) is 5.69 Å². The van der Waals surface area contributed by atoms with E-state index in [0.29, 0.717) is 12.5 Å². The van der Waals surface area contributed by atoms with E-state index in [1.54, 1.807) is 7.11 Å². The maximum Gasteiger partial charge on any atom is 0.193 e. The lowest BCUT2D eigenvalue weighted by Gasteiger charge is -2.30. The summed E-state index contributed by atoms with van der Waals surface area (Å²) in [6, 6.07) is 16.2. The summed E-state index contributed by atoms with van der Waals surface area (Å²) in [6.07, 6.45) is 2.58. The van der Waals surface area contributed by atoms with Gasteiger partial charge in [-0.1, -0.05) is 37.3 Å². The molecule has 0 bridgehead atoms. The molecule has 27 heavy (non-hydrogen) atoms. The highest BCUT2D eigenvalue weighted by molar-refractivity contribution is 5.92. The third-order valence-corrected chi connectivity index (χ3v) is 5.15. The monoisotopic (exact) mass is 366 g/mol. The predicted molar refractivity (Wildman–Crippen MR) is 112 cm³/mol. The fourth-order valence-electron chi connectivity index (χ4n) is 3.39. The molecule has 1 aliphatic heterocycles. The molecule has 2 aromatic carbocycles. The van der Waals surface area contributed by atoms with Gasteiger partial charge in [0.2, 0.25) is 0 Å². The molecule has 0 spiro atoms. The van der Waals surface area contributed by atoms with Crippen LogP contribution in [-0.4, -0.2) is 31.1 Å². The van der Waals surface area contributed by atoms with Crippen LogP contribution in [0.2, 0.25) is 0 Å². The molecule has 3 N–H and O–H groups in total. The van der Waals surface area contributed by atoms with Crippen LogP contribution in [0, 0.1) is 5.92 Å². The minimum Gasteiger partial charge on any atom is -0.497 e. The summed E-state index contributed by atoms with van der Waals surface area (Å²) in [6.45, 7) is 6.26. The number of nitrogens with one attached hydrogen (secondary N) is 1. The van der Waals surface area contributed by atoms with Crippen LogP contribution in [0.1, 0.15) is 30.9 Å². The summed E-state index contributed by atoms with van der Waals surface area (Å²) >= 11 is 0. The Kier molecular flexibility index (Phi) is 6.71. The van der Waals surface area contributed by atoms with Crippen molar-refractivity contribution in [3.8, 4) is 5.75 Å². The van der Waals surface area contributed by atoms with Gasteiger partial charge in [0.1, 0.15) is 5.75 Å². The molecule has 0 aliphatic carbocycles. The van der Waals surface area contributed by atoms with E-state index in [2.05, 4.69) is 46.4 Å². The third-order valence-electron chi connectivity index (χ3n) is 5.15. The minimum atomic E-state index is 0.407. The molecule has 5 heteroatoms. The second-order valence-electron chi connectivity index (χ2n) is 7.29. The second-order valence-corrected chi connectivity index (χ2v) is 7.29. The van der Waals surface area contributed by atoms with E-state index < -0.39 is 0 Å². The van der Waals surface area contributed by atoms with Crippen molar-refractivity contribution in [1.82, 2.24) is 4.90 Å². The maximum absolute atomic E-state index is 6.08. The van der Waals surface area contributed by atoms with Gasteiger partial charge in [0.15, 0.2) is 5.96 Å². The Labute approximate surface area is 162 Å². The van der Waals surface area contributed by atoms with E-state index in [1.165, 1.54) is 37.1 Å². The number of guanidine groups is 1. The van der Waals surface area contributed by atoms with Gasteiger partial charge in [-0.25, -0.2) is 4.99 Å². The summed E-state index contributed by atoms with van der Waals surface area (Å²) in [4.78, 5) is 7.08. The van der Waals surface area contributed by atoms with Crippen LogP contribution in [-0.2, 0) is 13.1 Å². The van der Waals surface area contributed by atoms with Crippen LogP contribution in [0.5, 0.6) is 5.75 Å². The number of hydrogen-bond acceptors (Lipinski definition) is 3. The van der Waals surface area contributed by atoms with E-state index in [4.69, 9.17) is 10.5 Å². The molecule has 3 rings (SSSR count). The number of benzene rings is 2. The highest BCUT2D eigenvalue weighted by Crippen LogP contribution is 2.20. The largest absolute Gasteiger partial charge is 0.497 e. The lowest BCUT2D eigenvalue weighted by Crippen LogP contribution is -2.32. The molecule has 1 saturated heterocycles. The molecule has 1 heterocycles. The number of hydrogen-bond donors (Lipinski definition) is 2. The lowest BCUT2D eigenvalue weighted by molar-refractivity contribution is 0.185. The first kappa shape index (κ1) is 19.2.